The van der Waals surface area contributed by atoms with Gasteiger partial charge in [-0.15, -0.1) is 11.3 Å². The molecule has 0 amide bonds. The molecule has 6 aromatic rings. The van der Waals surface area contributed by atoms with Crippen LogP contribution >= 0.6 is 11.3 Å². The monoisotopic (exact) mass is 517 g/mol. The molecule has 0 unspecified atom stereocenters. The van der Waals surface area contributed by atoms with Crippen molar-refractivity contribution in [3.8, 4) is 11.1 Å². The molecule has 0 aliphatic heterocycles. The van der Waals surface area contributed by atoms with Gasteiger partial charge in [-0.05, 0) is 41.5 Å². The average Bonchev–Trinajstić information content (AvgIpc) is 3.31. The standard InChI is InChI=1S/C30H16F5NS/c31-25-26(32)28(34)30(29(35)27(25)33)36(19-12-10-18(11-13-19)17-6-2-1-3-7-17)20-14-15-22-21-8-4-5-9-23(21)37-24(22)16-20/h1-16H. The summed E-state index contributed by atoms with van der Waals surface area (Å²) >= 11 is 1.48. The van der Waals surface area contributed by atoms with Gasteiger partial charge in [0.2, 0.25) is 5.82 Å². The Balaban J connectivity index is 1.58. The lowest BCUT2D eigenvalue weighted by Gasteiger charge is -2.27. The number of rotatable bonds is 4. The fourth-order valence-corrected chi connectivity index (χ4v) is 5.62. The first-order valence-corrected chi connectivity index (χ1v) is 12.1. The molecule has 7 heteroatoms. The Hall–Kier alpha value is -4.23. The number of benzene rings is 5. The lowest BCUT2D eigenvalue weighted by atomic mass is 10.0. The molecule has 0 radical (unpaired) electrons. The van der Waals surface area contributed by atoms with Gasteiger partial charge in [-0.2, -0.15) is 0 Å². The summed E-state index contributed by atoms with van der Waals surface area (Å²) in [5.41, 5.74) is 1.22. The predicted molar refractivity (Wildman–Crippen MR) is 139 cm³/mol. The van der Waals surface area contributed by atoms with Crippen LogP contribution in [0.15, 0.2) is 97.1 Å². The number of anilines is 3. The molecular weight excluding hydrogens is 501 g/mol. The van der Waals surface area contributed by atoms with Crippen molar-refractivity contribution in [2.24, 2.45) is 0 Å². The van der Waals surface area contributed by atoms with E-state index < -0.39 is 34.8 Å². The Labute approximate surface area is 212 Å². The molecular formula is C30H16F5NS. The van der Waals surface area contributed by atoms with Gasteiger partial charge in [0.1, 0.15) is 5.69 Å². The average molecular weight is 518 g/mol. The van der Waals surface area contributed by atoms with E-state index in [1.54, 1.807) is 42.5 Å². The number of hydrogen-bond acceptors (Lipinski definition) is 2. The number of halogens is 5. The molecule has 0 atom stereocenters. The highest BCUT2D eigenvalue weighted by Gasteiger charge is 2.31. The normalized spacial score (nSPS) is 11.4. The molecule has 0 fully saturated rings. The summed E-state index contributed by atoms with van der Waals surface area (Å²) in [6.45, 7) is 0. The molecule has 1 heterocycles. The Morgan fingerprint density at radius 1 is 0.459 bits per heavy atom. The van der Waals surface area contributed by atoms with Crippen molar-refractivity contribution in [3.63, 3.8) is 0 Å². The highest BCUT2D eigenvalue weighted by atomic mass is 32.1. The summed E-state index contributed by atoms with van der Waals surface area (Å²) < 4.78 is 74.5. The van der Waals surface area contributed by atoms with E-state index in [4.69, 9.17) is 0 Å². The minimum Gasteiger partial charge on any atom is -0.305 e. The van der Waals surface area contributed by atoms with Crippen molar-refractivity contribution in [2.45, 2.75) is 0 Å². The van der Waals surface area contributed by atoms with Crippen LogP contribution in [0.5, 0.6) is 0 Å². The Bertz CT molecular complexity index is 1750. The zero-order valence-electron chi connectivity index (χ0n) is 19.0. The molecule has 0 bridgehead atoms. The van der Waals surface area contributed by atoms with Crippen molar-refractivity contribution in [2.75, 3.05) is 4.90 Å². The third-order valence-corrected chi connectivity index (χ3v) is 7.40. The van der Waals surface area contributed by atoms with Crippen LogP contribution in [-0.2, 0) is 0 Å². The molecule has 6 rings (SSSR count). The van der Waals surface area contributed by atoms with Crippen LogP contribution in [0.25, 0.3) is 31.3 Å². The van der Waals surface area contributed by atoms with E-state index in [-0.39, 0.29) is 11.4 Å². The van der Waals surface area contributed by atoms with E-state index in [1.165, 1.54) is 11.3 Å². The third-order valence-electron chi connectivity index (χ3n) is 6.26. The number of hydrogen-bond donors (Lipinski definition) is 0. The topological polar surface area (TPSA) is 3.24 Å². The molecule has 0 N–H and O–H groups in total. The van der Waals surface area contributed by atoms with Gasteiger partial charge in [-0.25, -0.2) is 22.0 Å². The summed E-state index contributed by atoms with van der Waals surface area (Å²) in [5, 5.41) is 1.95. The maximum Gasteiger partial charge on any atom is 0.200 e. The molecule has 0 spiro atoms. The highest BCUT2D eigenvalue weighted by Crippen LogP contribution is 2.43. The fraction of sp³-hybridized carbons (Fsp3) is 0. The zero-order valence-corrected chi connectivity index (χ0v) is 19.8. The predicted octanol–water partition coefficient (Wildman–Crippen LogP) is 9.89. The molecule has 0 aliphatic carbocycles. The second-order valence-electron chi connectivity index (χ2n) is 8.45. The van der Waals surface area contributed by atoms with Gasteiger partial charge >= 0.3 is 0 Å². The first-order chi connectivity index (χ1) is 17.9. The SMILES string of the molecule is Fc1c(F)c(F)c(N(c2ccc(-c3ccccc3)cc2)c2ccc3c(c2)sc2ccccc23)c(F)c1F. The van der Waals surface area contributed by atoms with Crippen molar-refractivity contribution in [3.05, 3.63) is 126 Å². The van der Waals surface area contributed by atoms with E-state index in [1.807, 2.05) is 54.6 Å². The van der Waals surface area contributed by atoms with Crippen molar-refractivity contribution in [1.29, 1.82) is 0 Å². The quantitative estimate of drug-likeness (QED) is 0.128. The smallest absolute Gasteiger partial charge is 0.200 e. The molecule has 182 valence electrons. The van der Waals surface area contributed by atoms with Gasteiger partial charge in [-0.3, -0.25) is 0 Å². The summed E-state index contributed by atoms with van der Waals surface area (Å²) in [7, 11) is 0. The van der Waals surface area contributed by atoms with Crippen LogP contribution in [-0.4, -0.2) is 0 Å². The lowest BCUT2D eigenvalue weighted by molar-refractivity contribution is 0.380. The molecule has 0 saturated carbocycles. The highest BCUT2D eigenvalue weighted by molar-refractivity contribution is 7.25. The van der Waals surface area contributed by atoms with Crippen molar-refractivity contribution >= 4 is 48.6 Å². The molecule has 0 saturated heterocycles. The summed E-state index contributed by atoms with van der Waals surface area (Å²) in [6.07, 6.45) is 0. The molecule has 1 nitrogen and oxygen atoms in total. The Morgan fingerprint density at radius 3 is 1.70 bits per heavy atom. The maximum atomic E-state index is 15.1. The summed E-state index contributed by atoms with van der Waals surface area (Å²) in [4.78, 5) is 1.06. The van der Waals surface area contributed by atoms with E-state index >= 15 is 8.78 Å². The van der Waals surface area contributed by atoms with Crippen molar-refractivity contribution < 1.29 is 22.0 Å². The zero-order chi connectivity index (χ0) is 25.7. The van der Waals surface area contributed by atoms with E-state index in [0.717, 1.165) is 36.2 Å². The first-order valence-electron chi connectivity index (χ1n) is 11.3. The number of fused-ring (bicyclic) bond motifs is 3. The molecule has 0 aliphatic rings. The fourth-order valence-electron chi connectivity index (χ4n) is 4.48. The van der Waals surface area contributed by atoms with Crippen LogP contribution in [0.3, 0.4) is 0 Å². The third kappa shape index (κ3) is 3.83. The van der Waals surface area contributed by atoms with E-state index in [0.29, 0.717) is 0 Å². The largest absolute Gasteiger partial charge is 0.305 e. The summed E-state index contributed by atoms with van der Waals surface area (Å²) in [6, 6.07) is 29.0. The minimum absolute atomic E-state index is 0.239. The molecule has 1 aromatic heterocycles. The van der Waals surface area contributed by atoms with E-state index in [2.05, 4.69) is 0 Å². The maximum absolute atomic E-state index is 15.1. The van der Waals surface area contributed by atoms with Gasteiger partial charge in [0.15, 0.2) is 23.3 Å². The molecule has 5 aromatic carbocycles. The van der Waals surface area contributed by atoms with Gasteiger partial charge in [0.25, 0.3) is 0 Å². The second-order valence-corrected chi connectivity index (χ2v) is 9.53. The van der Waals surface area contributed by atoms with Crippen LogP contribution in [0.4, 0.5) is 39.0 Å². The van der Waals surface area contributed by atoms with Gasteiger partial charge in [-0.1, -0.05) is 66.7 Å². The number of thiophene rings is 1. The molecule has 37 heavy (non-hydrogen) atoms. The van der Waals surface area contributed by atoms with Gasteiger partial charge in [0.05, 0.1) is 0 Å². The van der Waals surface area contributed by atoms with Crippen LogP contribution in [0.1, 0.15) is 0 Å². The van der Waals surface area contributed by atoms with E-state index in [9.17, 15) is 13.2 Å². The summed E-state index contributed by atoms with van der Waals surface area (Å²) in [5.74, 6) is -10.00. The van der Waals surface area contributed by atoms with Crippen LogP contribution < -0.4 is 4.90 Å². The lowest BCUT2D eigenvalue weighted by Crippen LogP contribution is -2.17. The number of nitrogens with zero attached hydrogens (tertiary/aromatic N) is 1. The second kappa shape index (κ2) is 9.01. The minimum atomic E-state index is -2.20. The van der Waals surface area contributed by atoms with Gasteiger partial charge in [0, 0.05) is 31.5 Å². The Kier molecular flexibility index (Phi) is 5.65. The van der Waals surface area contributed by atoms with Crippen molar-refractivity contribution in [1.82, 2.24) is 0 Å². The Morgan fingerprint density at radius 2 is 1.00 bits per heavy atom. The van der Waals surface area contributed by atoms with Crippen LogP contribution in [0.2, 0.25) is 0 Å². The first kappa shape index (κ1) is 23.2. The van der Waals surface area contributed by atoms with Crippen LogP contribution in [0, 0.1) is 29.1 Å². The van der Waals surface area contributed by atoms with Gasteiger partial charge < -0.3 is 4.90 Å².